The number of hydrogen-bond acceptors (Lipinski definition) is 2. The second-order valence-corrected chi connectivity index (χ2v) is 9.16. The Balaban J connectivity index is 1.42. The average molecular weight is 408 g/mol. The van der Waals surface area contributed by atoms with Crippen LogP contribution in [0.15, 0.2) is 66.9 Å². The largest absolute Gasteiger partial charge is 0.372 e. The zero-order valence-electron chi connectivity index (χ0n) is 17.8. The Morgan fingerprint density at radius 2 is 1.26 bits per heavy atom. The Labute approximate surface area is 181 Å². The van der Waals surface area contributed by atoms with E-state index in [1.807, 2.05) is 0 Å². The molecule has 0 spiro atoms. The lowest BCUT2D eigenvalue weighted by atomic mass is 10.1. The molecule has 2 fully saturated rings. The lowest BCUT2D eigenvalue weighted by molar-refractivity contribution is -0.479. The SMILES string of the molecule is c1cc2c(ccc3c[n+]4c5ccc(N6CCCC6)cc5ccc4n32)cc1N1CCCC1. The van der Waals surface area contributed by atoms with Crippen molar-refractivity contribution in [3.05, 3.63) is 66.9 Å². The number of rotatable bonds is 2. The molecule has 154 valence electrons. The van der Waals surface area contributed by atoms with Crippen molar-refractivity contribution in [2.24, 2.45) is 0 Å². The molecule has 0 saturated carbocycles. The van der Waals surface area contributed by atoms with Crippen LogP contribution < -0.4 is 14.2 Å². The van der Waals surface area contributed by atoms with Crippen LogP contribution in [0.4, 0.5) is 11.4 Å². The molecule has 0 aliphatic carbocycles. The number of anilines is 2. The van der Waals surface area contributed by atoms with Gasteiger partial charge in [-0.2, -0.15) is 8.80 Å². The first-order valence-corrected chi connectivity index (χ1v) is 11.7. The molecule has 7 rings (SSSR count). The predicted octanol–water partition coefficient (Wildman–Crippen LogP) is 5.18. The molecule has 2 saturated heterocycles. The molecule has 2 aromatic carbocycles. The lowest BCUT2D eigenvalue weighted by Gasteiger charge is -2.17. The van der Waals surface area contributed by atoms with E-state index in [4.69, 9.17) is 0 Å². The second-order valence-electron chi connectivity index (χ2n) is 9.16. The standard InChI is InChI=1S/C27H27N4/c1-2-14-28(13-1)22-8-10-25-20(17-22)6-12-27-30(25)19-24-7-5-21-18-23(29-15-3-4-16-29)9-11-26(21)31(24)27/h5-12,17-19H,1-4,13-16H2/q+1. The minimum Gasteiger partial charge on any atom is -0.372 e. The molecule has 0 bridgehead atoms. The van der Waals surface area contributed by atoms with Crippen molar-refractivity contribution < 1.29 is 4.40 Å². The molecule has 5 aromatic rings. The maximum Gasteiger partial charge on any atom is 0.292 e. The molecule has 2 aliphatic heterocycles. The van der Waals surface area contributed by atoms with E-state index >= 15 is 0 Å². The summed E-state index contributed by atoms with van der Waals surface area (Å²) >= 11 is 0. The van der Waals surface area contributed by atoms with Gasteiger partial charge >= 0.3 is 0 Å². The molecular weight excluding hydrogens is 380 g/mol. The molecule has 3 aromatic heterocycles. The fourth-order valence-electron chi connectivity index (χ4n) is 5.68. The molecule has 0 radical (unpaired) electrons. The topological polar surface area (TPSA) is 15.0 Å². The summed E-state index contributed by atoms with van der Waals surface area (Å²) in [6, 6.07) is 23.0. The fourth-order valence-corrected chi connectivity index (χ4v) is 5.68. The van der Waals surface area contributed by atoms with E-state index in [0.717, 1.165) is 0 Å². The zero-order chi connectivity index (χ0) is 20.4. The fraction of sp³-hybridized carbons (Fsp3) is 0.296. The summed E-state index contributed by atoms with van der Waals surface area (Å²) in [4.78, 5) is 5.02. The number of benzene rings is 2. The molecule has 2 aliphatic rings. The van der Waals surface area contributed by atoms with Crippen molar-refractivity contribution in [3.63, 3.8) is 0 Å². The van der Waals surface area contributed by atoms with E-state index in [1.54, 1.807) is 0 Å². The molecule has 5 heterocycles. The Morgan fingerprint density at radius 3 is 2.00 bits per heavy atom. The Bertz CT molecular complexity index is 1450. The van der Waals surface area contributed by atoms with Gasteiger partial charge in [0.2, 0.25) is 0 Å². The summed E-state index contributed by atoms with van der Waals surface area (Å²) in [5.74, 6) is 0. The van der Waals surface area contributed by atoms with E-state index in [2.05, 4.69) is 85.5 Å². The minimum atomic E-state index is 1.18. The van der Waals surface area contributed by atoms with Gasteiger partial charge in [0.15, 0.2) is 5.52 Å². The quantitative estimate of drug-likeness (QED) is 0.374. The highest BCUT2D eigenvalue weighted by atomic mass is 15.1. The van der Waals surface area contributed by atoms with Gasteiger partial charge in [-0.05, 0) is 80.3 Å². The van der Waals surface area contributed by atoms with Gasteiger partial charge in [-0.25, -0.2) is 0 Å². The summed E-state index contributed by atoms with van der Waals surface area (Å²) in [5, 5.41) is 2.61. The van der Waals surface area contributed by atoms with Gasteiger partial charge in [-0.15, -0.1) is 0 Å². The smallest absolute Gasteiger partial charge is 0.292 e. The first kappa shape index (κ1) is 17.4. The summed E-state index contributed by atoms with van der Waals surface area (Å²) in [5.41, 5.74) is 7.71. The van der Waals surface area contributed by atoms with Gasteiger partial charge in [0, 0.05) is 54.4 Å². The van der Waals surface area contributed by atoms with Crippen molar-refractivity contribution in [2.75, 3.05) is 36.0 Å². The van der Waals surface area contributed by atoms with Crippen LogP contribution in [0.5, 0.6) is 0 Å². The van der Waals surface area contributed by atoms with Crippen LogP contribution in [0, 0.1) is 0 Å². The summed E-state index contributed by atoms with van der Waals surface area (Å²) < 4.78 is 4.75. The van der Waals surface area contributed by atoms with Crippen LogP contribution in [0.2, 0.25) is 0 Å². The minimum absolute atomic E-state index is 1.18. The van der Waals surface area contributed by atoms with Crippen LogP contribution in [-0.4, -0.2) is 30.6 Å². The third-order valence-electron chi connectivity index (χ3n) is 7.31. The normalized spacial score (nSPS) is 17.2. The predicted molar refractivity (Wildman–Crippen MR) is 128 cm³/mol. The Kier molecular flexibility index (Phi) is 3.71. The Hall–Kier alpha value is -3.27. The monoisotopic (exact) mass is 407 g/mol. The first-order valence-electron chi connectivity index (χ1n) is 11.7. The van der Waals surface area contributed by atoms with Gasteiger partial charge in [-0.1, -0.05) is 0 Å². The number of aromatic nitrogens is 2. The number of nitrogens with zero attached hydrogens (tertiary/aromatic N) is 4. The highest BCUT2D eigenvalue weighted by Gasteiger charge is 2.19. The van der Waals surface area contributed by atoms with Gasteiger partial charge in [-0.3, -0.25) is 0 Å². The van der Waals surface area contributed by atoms with Crippen molar-refractivity contribution in [2.45, 2.75) is 25.7 Å². The van der Waals surface area contributed by atoms with Gasteiger partial charge < -0.3 is 9.80 Å². The lowest BCUT2D eigenvalue weighted by Crippen LogP contribution is -2.21. The highest BCUT2D eigenvalue weighted by Crippen LogP contribution is 2.28. The third kappa shape index (κ3) is 2.64. The van der Waals surface area contributed by atoms with Crippen molar-refractivity contribution in [3.8, 4) is 0 Å². The number of imidazole rings is 1. The van der Waals surface area contributed by atoms with E-state index in [-0.39, 0.29) is 0 Å². The molecule has 4 nitrogen and oxygen atoms in total. The Morgan fingerprint density at radius 1 is 0.613 bits per heavy atom. The molecule has 0 unspecified atom stereocenters. The summed E-state index contributed by atoms with van der Waals surface area (Å²) in [6.07, 6.45) is 7.51. The molecule has 0 amide bonds. The number of fused-ring (bicyclic) bond motifs is 7. The average Bonchev–Trinajstić information content (AvgIpc) is 3.59. The van der Waals surface area contributed by atoms with Gasteiger partial charge in [0.05, 0.1) is 0 Å². The number of hydrogen-bond donors (Lipinski definition) is 0. The molecular formula is C27H27N4+. The second kappa shape index (κ2) is 6.61. The van der Waals surface area contributed by atoms with Crippen LogP contribution >= 0.6 is 0 Å². The van der Waals surface area contributed by atoms with E-state index in [1.165, 1.54) is 96.2 Å². The maximum atomic E-state index is 2.51. The maximum absolute atomic E-state index is 2.51. The van der Waals surface area contributed by atoms with Crippen LogP contribution in [0.1, 0.15) is 25.7 Å². The van der Waals surface area contributed by atoms with Crippen molar-refractivity contribution in [1.29, 1.82) is 0 Å². The molecule has 31 heavy (non-hydrogen) atoms. The number of pyridine rings is 2. The van der Waals surface area contributed by atoms with Gasteiger partial charge in [0.25, 0.3) is 5.65 Å². The molecule has 0 N–H and O–H groups in total. The van der Waals surface area contributed by atoms with Crippen molar-refractivity contribution in [1.82, 2.24) is 4.40 Å². The third-order valence-corrected chi connectivity index (χ3v) is 7.31. The van der Waals surface area contributed by atoms with Crippen LogP contribution in [0.3, 0.4) is 0 Å². The highest BCUT2D eigenvalue weighted by molar-refractivity contribution is 5.88. The molecule has 4 heteroatoms. The van der Waals surface area contributed by atoms with Crippen molar-refractivity contribution >= 4 is 44.3 Å². The zero-order valence-corrected chi connectivity index (χ0v) is 17.8. The van der Waals surface area contributed by atoms with Gasteiger partial charge in [0.1, 0.15) is 17.2 Å². The van der Waals surface area contributed by atoms with Crippen LogP contribution in [0.25, 0.3) is 33.0 Å². The summed E-state index contributed by atoms with van der Waals surface area (Å²) in [7, 11) is 0. The van der Waals surface area contributed by atoms with E-state index < -0.39 is 0 Å². The first-order chi connectivity index (χ1) is 15.3. The summed E-state index contributed by atoms with van der Waals surface area (Å²) in [6.45, 7) is 4.73. The van der Waals surface area contributed by atoms with Crippen LogP contribution in [-0.2, 0) is 0 Å². The molecule has 0 atom stereocenters. The van der Waals surface area contributed by atoms with E-state index in [0.29, 0.717) is 0 Å². The van der Waals surface area contributed by atoms with E-state index in [9.17, 15) is 0 Å².